The Morgan fingerprint density at radius 2 is 2.26 bits per heavy atom. The fourth-order valence-electron chi connectivity index (χ4n) is 1.89. The van der Waals surface area contributed by atoms with Crippen LogP contribution in [-0.2, 0) is 4.74 Å². The normalized spacial score (nSPS) is 16.9. The quantitative estimate of drug-likeness (QED) is 0.553. The first-order valence-electron chi connectivity index (χ1n) is 7.02. The molecule has 0 aromatic heterocycles. The molecule has 0 fully saturated rings. The summed E-state index contributed by atoms with van der Waals surface area (Å²) in [5.41, 5.74) is 8.09. The lowest BCUT2D eigenvalue weighted by molar-refractivity contribution is 0.255. The van der Waals surface area contributed by atoms with Crippen LogP contribution in [0.25, 0.3) is 0 Å². The second-order valence-electron chi connectivity index (χ2n) is 4.49. The van der Waals surface area contributed by atoms with Crippen LogP contribution in [0.5, 0.6) is 0 Å². The van der Waals surface area contributed by atoms with Crippen LogP contribution in [0, 0.1) is 0 Å². The Morgan fingerprint density at radius 3 is 2.84 bits per heavy atom. The molecule has 0 aromatic rings. The second kappa shape index (κ2) is 9.40. The van der Waals surface area contributed by atoms with Crippen molar-refractivity contribution in [1.29, 1.82) is 0 Å². The van der Waals surface area contributed by atoms with Crippen molar-refractivity contribution in [3.05, 3.63) is 59.4 Å². The van der Waals surface area contributed by atoms with Crippen LogP contribution < -0.4 is 5.73 Å². The molecule has 0 aromatic carbocycles. The SMILES string of the molecule is C\C=C/C(=C\C(=C\CC)CN)OCC1=CCCC=C1. The van der Waals surface area contributed by atoms with Crippen LogP contribution >= 0.6 is 0 Å². The lowest BCUT2D eigenvalue weighted by Gasteiger charge is -2.11. The number of allylic oxidation sites excluding steroid dienone is 5. The third kappa shape index (κ3) is 6.25. The minimum atomic E-state index is 0.543. The zero-order valence-corrected chi connectivity index (χ0v) is 12.1. The van der Waals surface area contributed by atoms with E-state index < -0.39 is 0 Å². The van der Waals surface area contributed by atoms with Crippen molar-refractivity contribution in [1.82, 2.24) is 0 Å². The van der Waals surface area contributed by atoms with Gasteiger partial charge in [0.15, 0.2) is 0 Å². The van der Waals surface area contributed by atoms with Crippen molar-refractivity contribution in [3.63, 3.8) is 0 Å². The van der Waals surface area contributed by atoms with E-state index in [4.69, 9.17) is 10.5 Å². The van der Waals surface area contributed by atoms with Gasteiger partial charge in [0.2, 0.25) is 0 Å². The maximum atomic E-state index is 5.86. The molecular formula is C17H25NO. The predicted molar refractivity (Wildman–Crippen MR) is 82.7 cm³/mol. The Kier molecular flexibility index (Phi) is 7.68. The first-order valence-corrected chi connectivity index (χ1v) is 7.02. The lowest BCUT2D eigenvalue weighted by Crippen LogP contribution is -2.03. The fraction of sp³-hybridized carbons (Fsp3) is 0.412. The molecule has 1 aliphatic rings. The van der Waals surface area contributed by atoms with Gasteiger partial charge in [-0.25, -0.2) is 0 Å². The molecule has 0 atom stereocenters. The van der Waals surface area contributed by atoms with Crippen LogP contribution in [-0.4, -0.2) is 13.2 Å². The van der Waals surface area contributed by atoms with Gasteiger partial charge in [0, 0.05) is 6.54 Å². The van der Waals surface area contributed by atoms with E-state index in [1.165, 1.54) is 5.57 Å². The minimum Gasteiger partial charge on any atom is -0.489 e. The summed E-state index contributed by atoms with van der Waals surface area (Å²) in [5, 5.41) is 0. The van der Waals surface area contributed by atoms with Crippen LogP contribution in [0.1, 0.15) is 33.1 Å². The number of nitrogens with two attached hydrogens (primary N) is 1. The molecule has 0 unspecified atom stereocenters. The van der Waals surface area contributed by atoms with E-state index in [1.54, 1.807) is 0 Å². The summed E-state index contributed by atoms with van der Waals surface area (Å²) < 4.78 is 5.86. The van der Waals surface area contributed by atoms with Gasteiger partial charge in [0.1, 0.15) is 12.4 Å². The average Bonchev–Trinajstić information content (AvgIpc) is 2.45. The Morgan fingerprint density at radius 1 is 1.42 bits per heavy atom. The van der Waals surface area contributed by atoms with Gasteiger partial charge in [-0.15, -0.1) is 0 Å². The van der Waals surface area contributed by atoms with E-state index >= 15 is 0 Å². The topological polar surface area (TPSA) is 35.2 Å². The van der Waals surface area contributed by atoms with Crippen molar-refractivity contribution in [2.45, 2.75) is 33.1 Å². The van der Waals surface area contributed by atoms with E-state index in [9.17, 15) is 0 Å². The number of hydrogen-bond acceptors (Lipinski definition) is 2. The molecule has 0 heterocycles. The molecule has 2 heteroatoms. The van der Waals surface area contributed by atoms with Gasteiger partial charge in [0.05, 0.1) is 0 Å². The maximum absolute atomic E-state index is 5.86. The minimum absolute atomic E-state index is 0.543. The lowest BCUT2D eigenvalue weighted by atomic mass is 10.1. The third-order valence-electron chi connectivity index (χ3n) is 2.84. The predicted octanol–water partition coefficient (Wildman–Crippen LogP) is 4.03. The maximum Gasteiger partial charge on any atom is 0.119 e. The van der Waals surface area contributed by atoms with Crippen molar-refractivity contribution in [3.8, 4) is 0 Å². The molecule has 0 spiro atoms. The van der Waals surface area contributed by atoms with Crippen molar-refractivity contribution in [2.24, 2.45) is 5.73 Å². The summed E-state index contributed by atoms with van der Waals surface area (Å²) in [5.74, 6) is 0.868. The molecule has 0 saturated heterocycles. The van der Waals surface area contributed by atoms with E-state index in [0.29, 0.717) is 13.2 Å². The standard InChI is InChI=1S/C17H25NO/c1-3-8-16(13-18)12-17(9-4-2)19-14-15-10-6-5-7-11-15/h4,6,8-12H,3,5,7,13-14,18H2,1-2H3/b9-4-,16-8-,17-12+. The van der Waals surface area contributed by atoms with Crippen LogP contribution in [0.3, 0.4) is 0 Å². The Hall–Kier alpha value is -1.54. The van der Waals surface area contributed by atoms with Gasteiger partial charge in [-0.2, -0.15) is 0 Å². The summed E-state index contributed by atoms with van der Waals surface area (Å²) in [7, 11) is 0. The highest BCUT2D eigenvalue weighted by Gasteiger charge is 2.00. The van der Waals surface area contributed by atoms with Crippen molar-refractivity contribution < 1.29 is 4.74 Å². The van der Waals surface area contributed by atoms with Crippen LogP contribution in [0.15, 0.2) is 59.4 Å². The van der Waals surface area contributed by atoms with Gasteiger partial charge in [-0.3, -0.25) is 0 Å². The molecule has 19 heavy (non-hydrogen) atoms. The first-order chi connectivity index (χ1) is 9.30. The van der Waals surface area contributed by atoms with Gasteiger partial charge in [-0.1, -0.05) is 37.3 Å². The summed E-state index contributed by atoms with van der Waals surface area (Å²) in [6.07, 6.45) is 17.9. The highest BCUT2D eigenvalue weighted by molar-refractivity contribution is 5.29. The van der Waals surface area contributed by atoms with Gasteiger partial charge >= 0.3 is 0 Å². The van der Waals surface area contributed by atoms with Gasteiger partial charge in [0.25, 0.3) is 0 Å². The van der Waals surface area contributed by atoms with Crippen LogP contribution in [0.4, 0.5) is 0 Å². The van der Waals surface area contributed by atoms with Crippen LogP contribution in [0.2, 0.25) is 0 Å². The van der Waals surface area contributed by atoms with E-state index in [-0.39, 0.29) is 0 Å². The highest BCUT2D eigenvalue weighted by Crippen LogP contribution is 2.13. The first kappa shape index (κ1) is 15.5. The molecule has 2 nitrogen and oxygen atoms in total. The number of rotatable bonds is 7. The molecule has 1 rings (SSSR count). The van der Waals surface area contributed by atoms with Crippen molar-refractivity contribution in [2.75, 3.05) is 13.2 Å². The van der Waals surface area contributed by atoms with E-state index in [0.717, 1.165) is 30.6 Å². The zero-order valence-electron chi connectivity index (χ0n) is 12.1. The highest BCUT2D eigenvalue weighted by atomic mass is 16.5. The smallest absolute Gasteiger partial charge is 0.119 e. The molecular weight excluding hydrogens is 234 g/mol. The molecule has 0 radical (unpaired) electrons. The average molecular weight is 259 g/mol. The Labute approximate surface area is 117 Å². The molecule has 0 saturated carbocycles. The monoisotopic (exact) mass is 259 g/mol. The molecule has 0 aliphatic heterocycles. The summed E-state index contributed by atoms with van der Waals surface area (Å²) in [6.45, 7) is 5.26. The van der Waals surface area contributed by atoms with Gasteiger partial charge < -0.3 is 10.5 Å². The van der Waals surface area contributed by atoms with E-state index in [2.05, 4.69) is 31.2 Å². The fourth-order valence-corrected chi connectivity index (χ4v) is 1.89. The Balaban J connectivity index is 2.66. The zero-order chi connectivity index (χ0) is 13.9. The van der Waals surface area contributed by atoms with Gasteiger partial charge in [-0.05, 0) is 49.5 Å². The largest absolute Gasteiger partial charge is 0.489 e. The molecule has 2 N–H and O–H groups in total. The summed E-state index contributed by atoms with van der Waals surface area (Å²) in [4.78, 5) is 0. The summed E-state index contributed by atoms with van der Waals surface area (Å²) >= 11 is 0. The molecule has 0 amide bonds. The third-order valence-corrected chi connectivity index (χ3v) is 2.84. The summed E-state index contributed by atoms with van der Waals surface area (Å²) in [6, 6.07) is 0. The molecule has 1 aliphatic carbocycles. The van der Waals surface area contributed by atoms with Crippen molar-refractivity contribution >= 4 is 0 Å². The van der Waals surface area contributed by atoms with E-state index in [1.807, 2.05) is 25.2 Å². The number of ether oxygens (including phenoxy) is 1. The molecule has 104 valence electrons. The number of hydrogen-bond donors (Lipinski definition) is 1. The second-order valence-corrected chi connectivity index (χ2v) is 4.49. The Bertz CT molecular complexity index is 411. The molecule has 0 bridgehead atoms.